The number of rotatable bonds is 3. The number of aliphatic imine (C=N–C) groups is 1. The Morgan fingerprint density at radius 3 is 2.52 bits per heavy atom. The van der Waals surface area contributed by atoms with Gasteiger partial charge in [-0.05, 0) is 79.2 Å². The highest BCUT2D eigenvalue weighted by atomic mass is 35.5. The Morgan fingerprint density at radius 2 is 1.79 bits per heavy atom. The fraction of sp³-hybridized carbons (Fsp3) is 0.0909. The zero-order valence-electron chi connectivity index (χ0n) is 15.6. The average Bonchev–Trinajstić information content (AvgIpc) is 3.21. The van der Waals surface area contributed by atoms with Crippen molar-refractivity contribution in [3.8, 4) is 11.3 Å². The molecule has 1 aliphatic rings. The molecule has 0 unspecified atom stereocenters. The van der Waals surface area contributed by atoms with Crippen molar-refractivity contribution < 1.29 is 9.21 Å². The lowest BCUT2D eigenvalue weighted by Crippen LogP contribution is -2.19. The van der Waals surface area contributed by atoms with E-state index in [4.69, 9.17) is 27.6 Å². The van der Waals surface area contributed by atoms with Gasteiger partial charge in [0.25, 0.3) is 5.91 Å². The van der Waals surface area contributed by atoms with Crippen LogP contribution >= 0.6 is 35.0 Å². The predicted octanol–water partition coefficient (Wildman–Crippen LogP) is 6.76. The predicted molar refractivity (Wildman–Crippen MR) is 121 cm³/mol. The van der Waals surface area contributed by atoms with E-state index in [0.717, 1.165) is 22.4 Å². The van der Waals surface area contributed by atoms with Crippen LogP contribution in [0.4, 0.5) is 5.69 Å². The lowest BCUT2D eigenvalue weighted by atomic mass is 10.1. The second-order valence-corrected chi connectivity index (χ2v) is 8.53. The maximum Gasteiger partial charge on any atom is 0.264 e. The lowest BCUT2D eigenvalue weighted by molar-refractivity contribution is -0.115. The lowest BCUT2D eigenvalue weighted by Gasteiger charge is -2.01. The van der Waals surface area contributed by atoms with Crippen LogP contribution in [0.25, 0.3) is 17.4 Å². The van der Waals surface area contributed by atoms with Crippen LogP contribution in [0.2, 0.25) is 10.0 Å². The molecule has 1 N–H and O–H groups in total. The summed E-state index contributed by atoms with van der Waals surface area (Å²) in [5.74, 6) is 0.947. The molecule has 4 rings (SSSR count). The summed E-state index contributed by atoms with van der Waals surface area (Å²) in [5.41, 5.74) is 3.79. The number of amides is 1. The minimum atomic E-state index is -0.208. The molecule has 0 radical (unpaired) electrons. The molecule has 0 bridgehead atoms. The Morgan fingerprint density at radius 1 is 1.03 bits per heavy atom. The minimum absolute atomic E-state index is 0.208. The summed E-state index contributed by atoms with van der Waals surface area (Å²) in [6.45, 7) is 4.04. The highest BCUT2D eigenvalue weighted by Gasteiger charge is 2.24. The second kappa shape index (κ2) is 8.11. The molecule has 3 aromatic rings. The summed E-state index contributed by atoms with van der Waals surface area (Å²) in [6, 6.07) is 14.8. The zero-order valence-corrected chi connectivity index (χ0v) is 18.0. The molecule has 1 fully saturated rings. The maximum atomic E-state index is 12.3. The Bertz CT molecular complexity index is 1160. The molecule has 29 heavy (non-hydrogen) atoms. The fourth-order valence-electron chi connectivity index (χ4n) is 3.01. The van der Waals surface area contributed by atoms with Crippen molar-refractivity contribution >= 4 is 57.8 Å². The van der Waals surface area contributed by atoms with Gasteiger partial charge in [-0.25, -0.2) is 4.99 Å². The SMILES string of the molecule is Cc1cc(C)cc(N=C2NC(=O)/C(=C/c3ccc(-c4ccc(Cl)cc4Cl)o3)S2)c1. The largest absolute Gasteiger partial charge is 0.457 e. The standard InChI is InChI=1S/C22H16Cl2N2O2S/c1-12-7-13(2)9-15(8-12)25-22-26-21(27)20(29-22)11-16-4-6-19(28-16)17-5-3-14(23)10-18(17)24/h3-11H,1-2H3,(H,25,26,27)/b20-11-. The summed E-state index contributed by atoms with van der Waals surface area (Å²) in [7, 11) is 0. The molecule has 0 aliphatic carbocycles. The van der Waals surface area contributed by atoms with Crippen molar-refractivity contribution in [2.24, 2.45) is 4.99 Å². The van der Waals surface area contributed by atoms with Gasteiger partial charge >= 0.3 is 0 Å². The summed E-state index contributed by atoms with van der Waals surface area (Å²) >= 11 is 13.5. The molecular formula is C22H16Cl2N2O2S. The van der Waals surface area contributed by atoms with E-state index in [1.807, 2.05) is 32.0 Å². The van der Waals surface area contributed by atoms with E-state index in [1.54, 1.807) is 30.3 Å². The topological polar surface area (TPSA) is 54.6 Å². The molecule has 1 saturated heterocycles. The van der Waals surface area contributed by atoms with E-state index < -0.39 is 0 Å². The van der Waals surface area contributed by atoms with Gasteiger partial charge in [0.1, 0.15) is 11.5 Å². The van der Waals surface area contributed by atoms with Crippen LogP contribution in [-0.4, -0.2) is 11.1 Å². The van der Waals surface area contributed by atoms with Crippen LogP contribution < -0.4 is 5.32 Å². The first-order valence-corrected chi connectivity index (χ1v) is 10.4. The van der Waals surface area contributed by atoms with Crippen molar-refractivity contribution in [3.05, 3.63) is 80.4 Å². The third-order valence-electron chi connectivity index (χ3n) is 4.18. The fourth-order valence-corrected chi connectivity index (χ4v) is 4.33. The van der Waals surface area contributed by atoms with Gasteiger partial charge in [-0.2, -0.15) is 0 Å². The third kappa shape index (κ3) is 4.58. The van der Waals surface area contributed by atoms with E-state index in [9.17, 15) is 4.79 Å². The number of carbonyl (C=O) groups excluding carboxylic acids is 1. The van der Waals surface area contributed by atoms with E-state index in [-0.39, 0.29) is 5.91 Å². The van der Waals surface area contributed by atoms with Gasteiger partial charge in [-0.15, -0.1) is 0 Å². The second-order valence-electron chi connectivity index (χ2n) is 6.65. The van der Waals surface area contributed by atoms with E-state index in [1.165, 1.54) is 11.8 Å². The minimum Gasteiger partial charge on any atom is -0.457 e. The van der Waals surface area contributed by atoms with Gasteiger partial charge in [0.05, 0.1) is 15.6 Å². The first kappa shape index (κ1) is 19.8. The van der Waals surface area contributed by atoms with Crippen LogP contribution in [-0.2, 0) is 4.79 Å². The van der Waals surface area contributed by atoms with Crippen LogP contribution in [0.1, 0.15) is 16.9 Å². The van der Waals surface area contributed by atoms with E-state index in [0.29, 0.717) is 31.6 Å². The molecule has 2 aromatic carbocycles. The number of thioether (sulfide) groups is 1. The Balaban J connectivity index is 1.57. The summed E-state index contributed by atoms with van der Waals surface area (Å²) in [5, 5.41) is 4.39. The van der Waals surface area contributed by atoms with Crippen molar-refractivity contribution in [1.82, 2.24) is 5.32 Å². The first-order valence-electron chi connectivity index (χ1n) is 8.80. The molecule has 2 heterocycles. The number of furan rings is 1. The van der Waals surface area contributed by atoms with Gasteiger partial charge in [0, 0.05) is 16.7 Å². The number of benzene rings is 2. The quantitative estimate of drug-likeness (QED) is 0.455. The first-order chi connectivity index (χ1) is 13.9. The van der Waals surface area contributed by atoms with E-state index >= 15 is 0 Å². The highest BCUT2D eigenvalue weighted by Crippen LogP contribution is 2.33. The number of nitrogens with one attached hydrogen (secondary N) is 1. The number of hydrogen-bond donors (Lipinski definition) is 1. The summed E-state index contributed by atoms with van der Waals surface area (Å²) in [4.78, 5) is 17.4. The van der Waals surface area contributed by atoms with Gasteiger partial charge in [0.15, 0.2) is 5.17 Å². The molecule has 146 valence electrons. The molecule has 0 saturated carbocycles. The smallest absolute Gasteiger partial charge is 0.264 e. The zero-order chi connectivity index (χ0) is 20.5. The van der Waals surface area contributed by atoms with Crippen molar-refractivity contribution in [3.63, 3.8) is 0 Å². The van der Waals surface area contributed by atoms with Crippen molar-refractivity contribution in [2.75, 3.05) is 0 Å². The van der Waals surface area contributed by atoms with Crippen LogP contribution in [0, 0.1) is 13.8 Å². The van der Waals surface area contributed by atoms with Crippen LogP contribution in [0.5, 0.6) is 0 Å². The molecule has 0 atom stereocenters. The van der Waals surface area contributed by atoms with Gasteiger partial charge in [0.2, 0.25) is 0 Å². The van der Waals surface area contributed by atoms with Crippen LogP contribution in [0.15, 0.2) is 62.8 Å². The molecule has 1 amide bonds. The Kier molecular flexibility index (Phi) is 5.54. The molecule has 1 aliphatic heterocycles. The molecule has 7 heteroatoms. The van der Waals surface area contributed by atoms with Crippen LogP contribution in [0.3, 0.4) is 0 Å². The van der Waals surface area contributed by atoms with Crippen molar-refractivity contribution in [2.45, 2.75) is 13.8 Å². The number of halogens is 2. The van der Waals surface area contributed by atoms with Gasteiger partial charge < -0.3 is 9.73 Å². The number of hydrogen-bond acceptors (Lipinski definition) is 4. The van der Waals surface area contributed by atoms with E-state index in [2.05, 4.69) is 16.4 Å². The molecule has 4 nitrogen and oxygen atoms in total. The summed E-state index contributed by atoms with van der Waals surface area (Å²) < 4.78 is 5.85. The van der Waals surface area contributed by atoms with Gasteiger partial charge in [-0.1, -0.05) is 29.3 Å². The Labute approximate surface area is 182 Å². The molecule has 1 aromatic heterocycles. The number of nitrogens with zero attached hydrogens (tertiary/aromatic N) is 1. The molecular weight excluding hydrogens is 427 g/mol. The number of amidine groups is 1. The number of aryl methyl sites for hydroxylation is 2. The normalized spacial score (nSPS) is 16.6. The highest BCUT2D eigenvalue weighted by molar-refractivity contribution is 8.18. The average molecular weight is 443 g/mol. The monoisotopic (exact) mass is 442 g/mol. The maximum absolute atomic E-state index is 12.3. The van der Waals surface area contributed by atoms with Gasteiger partial charge in [-0.3, -0.25) is 4.79 Å². The summed E-state index contributed by atoms with van der Waals surface area (Å²) in [6.07, 6.45) is 1.69. The molecule has 0 spiro atoms. The third-order valence-corrected chi connectivity index (χ3v) is 5.64. The number of carbonyl (C=O) groups is 1. The Hall–Kier alpha value is -2.47. The van der Waals surface area contributed by atoms with Crippen molar-refractivity contribution in [1.29, 1.82) is 0 Å².